The summed E-state index contributed by atoms with van der Waals surface area (Å²) in [6, 6.07) is 7.78. The highest BCUT2D eigenvalue weighted by atomic mass is 19.1. The van der Waals surface area contributed by atoms with Crippen molar-refractivity contribution in [3.8, 4) is 0 Å². The molecule has 1 fully saturated rings. The Morgan fingerprint density at radius 3 is 2.56 bits per heavy atom. The van der Waals surface area contributed by atoms with Crippen LogP contribution in [0.5, 0.6) is 0 Å². The van der Waals surface area contributed by atoms with Gasteiger partial charge in [-0.25, -0.2) is 9.18 Å². The second-order valence-electron chi connectivity index (χ2n) is 9.03. The van der Waals surface area contributed by atoms with Gasteiger partial charge >= 0.3 is 5.97 Å². The summed E-state index contributed by atoms with van der Waals surface area (Å²) >= 11 is 0. The van der Waals surface area contributed by atoms with Crippen LogP contribution in [0.1, 0.15) is 64.7 Å². The Hall–Kier alpha value is -3.32. The van der Waals surface area contributed by atoms with Crippen LogP contribution in [-0.4, -0.2) is 35.7 Å². The SMILES string of the molecule is CNc1cc(F)cc2c1CC(=O)C(C(=O)Cc1ccc(C(=O)O)cc1CNC1CCCCC1)=C2. The number of benzene rings is 2. The van der Waals surface area contributed by atoms with Gasteiger partial charge in [0, 0.05) is 38.2 Å². The Morgan fingerprint density at radius 1 is 1.09 bits per heavy atom. The summed E-state index contributed by atoms with van der Waals surface area (Å²) in [5.74, 6) is -2.13. The van der Waals surface area contributed by atoms with E-state index in [1.54, 1.807) is 19.2 Å². The Morgan fingerprint density at radius 2 is 1.85 bits per heavy atom. The summed E-state index contributed by atoms with van der Waals surface area (Å²) in [7, 11) is 1.66. The van der Waals surface area contributed by atoms with Crippen LogP contribution < -0.4 is 10.6 Å². The molecule has 178 valence electrons. The second kappa shape index (κ2) is 10.3. The Labute approximate surface area is 198 Å². The molecule has 0 aliphatic heterocycles. The molecule has 3 N–H and O–H groups in total. The number of nitrogens with one attached hydrogen (secondary N) is 2. The highest BCUT2D eigenvalue weighted by Gasteiger charge is 2.27. The third-order valence-electron chi connectivity index (χ3n) is 6.75. The van der Waals surface area contributed by atoms with Crippen molar-refractivity contribution in [1.82, 2.24) is 5.32 Å². The van der Waals surface area contributed by atoms with E-state index in [1.807, 2.05) is 0 Å². The van der Waals surface area contributed by atoms with Gasteiger partial charge in [-0.15, -0.1) is 0 Å². The van der Waals surface area contributed by atoms with Gasteiger partial charge in [-0.3, -0.25) is 9.59 Å². The van der Waals surface area contributed by atoms with Crippen LogP contribution >= 0.6 is 0 Å². The average Bonchev–Trinajstić information content (AvgIpc) is 2.83. The molecule has 2 aromatic carbocycles. The molecule has 0 amide bonds. The fourth-order valence-electron chi connectivity index (χ4n) is 4.86. The van der Waals surface area contributed by atoms with Crippen molar-refractivity contribution in [2.75, 3.05) is 12.4 Å². The quantitative estimate of drug-likeness (QED) is 0.504. The molecule has 2 aliphatic rings. The van der Waals surface area contributed by atoms with Crippen molar-refractivity contribution in [2.45, 2.75) is 57.5 Å². The molecule has 0 atom stereocenters. The fourth-order valence-corrected chi connectivity index (χ4v) is 4.86. The summed E-state index contributed by atoms with van der Waals surface area (Å²) in [5.41, 5.74) is 3.37. The minimum Gasteiger partial charge on any atom is -0.478 e. The van der Waals surface area contributed by atoms with Gasteiger partial charge in [0.15, 0.2) is 11.6 Å². The van der Waals surface area contributed by atoms with Crippen molar-refractivity contribution < 1.29 is 23.9 Å². The minimum absolute atomic E-state index is 0.0251. The molecule has 2 aliphatic carbocycles. The molecule has 4 rings (SSSR count). The molecule has 7 heteroatoms. The number of carbonyl (C=O) groups excluding carboxylic acids is 2. The van der Waals surface area contributed by atoms with Crippen LogP contribution in [0.3, 0.4) is 0 Å². The van der Waals surface area contributed by atoms with Gasteiger partial charge in [0.25, 0.3) is 0 Å². The number of fused-ring (bicyclic) bond motifs is 1. The van der Waals surface area contributed by atoms with Gasteiger partial charge < -0.3 is 15.7 Å². The third-order valence-corrected chi connectivity index (χ3v) is 6.75. The molecule has 0 radical (unpaired) electrons. The molecule has 0 bridgehead atoms. The summed E-state index contributed by atoms with van der Waals surface area (Å²) in [6.07, 6.45) is 7.22. The van der Waals surface area contributed by atoms with Crippen LogP contribution in [-0.2, 0) is 29.0 Å². The van der Waals surface area contributed by atoms with Crippen LogP contribution in [0.25, 0.3) is 6.08 Å². The van der Waals surface area contributed by atoms with E-state index in [2.05, 4.69) is 10.6 Å². The number of aromatic carboxylic acids is 1. The summed E-state index contributed by atoms with van der Waals surface area (Å²) in [6.45, 7) is 0.459. The largest absolute Gasteiger partial charge is 0.478 e. The lowest BCUT2D eigenvalue weighted by Gasteiger charge is -2.23. The topological polar surface area (TPSA) is 95.5 Å². The summed E-state index contributed by atoms with van der Waals surface area (Å²) in [5, 5.41) is 15.8. The number of halogens is 1. The average molecular weight is 465 g/mol. The van der Waals surface area contributed by atoms with E-state index < -0.39 is 11.8 Å². The van der Waals surface area contributed by atoms with Gasteiger partial charge in [0.05, 0.1) is 11.1 Å². The number of Topliss-reactive ketones (excluding diaryl/α,β-unsaturated/α-hetero) is 2. The van der Waals surface area contributed by atoms with Crippen molar-refractivity contribution in [3.05, 3.63) is 69.5 Å². The Bertz CT molecular complexity index is 1170. The van der Waals surface area contributed by atoms with E-state index in [-0.39, 0.29) is 35.5 Å². The first-order chi connectivity index (χ1) is 16.4. The van der Waals surface area contributed by atoms with E-state index in [9.17, 15) is 23.9 Å². The summed E-state index contributed by atoms with van der Waals surface area (Å²) < 4.78 is 14.0. The maximum Gasteiger partial charge on any atom is 0.335 e. The van der Waals surface area contributed by atoms with Crippen LogP contribution in [0.4, 0.5) is 10.1 Å². The third kappa shape index (κ3) is 5.25. The predicted octanol–water partition coefficient (Wildman–Crippen LogP) is 4.31. The number of anilines is 1. The van der Waals surface area contributed by atoms with Gasteiger partial charge in [-0.1, -0.05) is 25.3 Å². The van der Waals surface area contributed by atoms with E-state index in [4.69, 9.17) is 0 Å². The first kappa shape index (κ1) is 23.8. The van der Waals surface area contributed by atoms with Crippen molar-refractivity contribution in [3.63, 3.8) is 0 Å². The van der Waals surface area contributed by atoms with E-state index in [0.717, 1.165) is 18.4 Å². The molecular weight excluding hydrogens is 435 g/mol. The number of allylic oxidation sites excluding steroid dienone is 1. The second-order valence-corrected chi connectivity index (χ2v) is 9.03. The first-order valence-corrected chi connectivity index (χ1v) is 11.7. The number of rotatable bonds is 8. The lowest BCUT2D eigenvalue weighted by atomic mass is 9.86. The maximum absolute atomic E-state index is 14.0. The normalized spacial score (nSPS) is 16.1. The molecular formula is C27H29FN2O4. The maximum atomic E-state index is 14.0. The predicted molar refractivity (Wildman–Crippen MR) is 128 cm³/mol. The van der Waals surface area contributed by atoms with Gasteiger partial charge in [0.2, 0.25) is 0 Å². The van der Waals surface area contributed by atoms with Gasteiger partial charge in [0.1, 0.15) is 5.82 Å². The van der Waals surface area contributed by atoms with Crippen molar-refractivity contribution >= 4 is 29.3 Å². The smallest absolute Gasteiger partial charge is 0.335 e. The van der Waals surface area contributed by atoms with E-state index in [0.29, 0.717) is 35.0 Å². The van der Waals surface area contributed by atoms with Gasteiger partial charge in [-0.05, 0) is 65.4 Å². The molecule has 0 spiro atoms. The zero-order valence-corrected chi connectivity index (χ0v) is 19.2. The monoisotopic (exact) mass is 464 g/mol. The molecule has 0 heterocycles. The fraction of sp³-hybridized carbons (Fsp3) is 0.370. The van der Waals surface area contributed by atoms with Crippen LogP contribution in [0, 0.1) is 5.82 Å². The molecule has 2 aromatic rings. The highest BCUT2D eigenvalue weighted by Crippen LogP contribution is 2.30. The zero-order chi connectivity index (χ0) is 24.2. The van der Waals surface area contributed by atoms with E-state index in [1.165, 1.54) is 43.5 Å². The highest BCUT2D eigenvalue weighted by molar-refractivity contribution is 6.25. The number of hydrogen-bond donors (Lipinski definition) is 3. The lowest BCUT2D eigenvalue weighted by molar-refractivity contribution is -0.120. The van der Waals surface area contributed by atoms with Crippen LogP contribution in [0.2, 0.25) is 0 Å². The molecule has 0 aromatic heterocycles. The Balaban J connectivity index is 1.58. The molecule has 0 saturated heterocycles. The lowest BCUT2D eigenvalue weighted by Crippen LogP contribution is -2.31. The van der Waals surface area contributed by atoms with E-state index >= 15 is 0 Å². The Kier molecular flexibility index (Phi) is 7.22. The molecule has 6 nitrogen and oxygen atoms in total. The number of ketones is 2. The number of carboxylic acid groups (broad SMARTS) is 1. The molecule has 0 unspecified atom stereocenters. The van der Waals surface area contributed by atoms with Crippen LogP contribution in [0.15, 0.2) is 35.9 Å². The zero-order valence-electron chi connectivity index (χ0n) is 19.2. The number of hydrogen-bond acceptors (Lipinski definition) is 5. The first-order valence-electron chi connectivity index (χ1n) is 11.7. The van der Waals surface area contributed by atoms with Crippen molar-refractivity contribution in [2.24, 2.45) is 0 Å². The number of carboxylic acids is 1. The summed E-state index contributed by atoms with van der Waals surface area (Å²) in [4.78, 5) is 37.5. The molecule has 34 heavy (non-hydrogen) atoms. The minimum atomic E-state index is -1.03. The molecule has 1 saturated carbocycles. The van der Waals surface area contributed by atoms with Gasteiger partial charge in [-0.2, -0.15) is 0 Å². The van der Waals surface area contributed by atoms with Crippen molar-refractivity contribution in [1.29, 1.82) is 0 Å². The number of carbonyl (C=O) groups is 3. The standard InChI is InChI=1S/C27H29FN2O4/c1-29-24-13-20(28)10-18-11-23(26(32)14-22(18)24)25(31)12-16-7-8-17(27(33)34)9-19(16)15-30-21-5-3-2-4-6-21/h7-11,13,21,29-30H,2-6,12,14-15H2,1H3,(H,33,34).